The summed E-state index contributed by atoms with van der Waals surface area (Å²) in [5.74, 6) is 1.74. The Morgan fingerprint density at radius 3 is 2.61 bits per heavy atom. The molecule has 0 atom stereocenters. The standard InChI is InChI=1S/C19H19N5O3S/c1-25-4-5-27-16-3-2-13(8-23-16)17-14(6-20)18(22)24-19(15(17)7-21)28-11-12-9-26-10-12/h2-3,8,12H,4-5,9-11H2,1H3,(H2,22,24). The van der Waals surface area contributed by atoms with Crippen LogP contribution in [0.1, 0.15) is 11.1 Å². The Balaban J connectivity index is 1.94. The Morgan fingerprint density at radius 2 is 2.04 bits per heavy atom. The van der Waals surface area contributed by atoms with Crippen LogP contribution >= 0.6 is 11.8 Å². The predicted molar refractivity (Wildman–Crippen MR) is 104 cm³/mol. The fourth-order valence-electron chi connectivity index (χ4n) is 2.61. The molecule has 1 saturated heterocycles. The first kappa shape index (κ1) is 19.9. The lowest BCUT2D eigenvalue weighted by atomic mass is 9.98. The number of rotatable bonds is 8. The molecular formula is C19H19N5O3S. The molecule has 8 nitrogen and oxygen atoms in total. The second-order valence-electron chi connectivity index (χ2n) is 6.09. The number of anilines is 1. The molecule has 0 radical (unpaired) electrons. The summed E-state index contributed by atoms with van der Waals surface area (Å²) in [4.78, 5) is 8.55. The highest BCUT2D eigenvalue weighted by Crippen LogP contribution is 2.36. The number of pyridine rings is 2. The number of ether oxygens (including phenoxy) is 3. The first-order valence-corrected chi connectivity index (χ1v) is 9.58. The first-order valence-electron chi connectivity index (χ1n) is 8.60. The minimum atomic E-state index is 0.101. The lowest BCUT2D eigenvalue weighted by molar-refractivity contribution is -0.0196. The third-order valence-electron chi connectivity index (χ3n) is 4.14. The van der Waals surface area contributed by atoms with Gasteiger partial charge in [0.25, 0.3) is 0 Å². The van der Waals surface area contributed by atoms with Crippen LogP contribution in [0.3, 0.4) is 0 Å². The van der Waals surface area contributed by atoms with E-state index in [0.29, 0.717) is 59.9 Å². The van der Waals surface area contributed by atoms with Crippen LogP contribution < -0.4 is 10.5 Å². The Morgan fingerprint density at radius 1 is 1.25 bits per heavy atom. The number of nitrogens with two attached hydrogens (primary N) is 1. The van der Waals surface area contributed by atoms with Gasteiger partial charge in [0.1, 0.15) is 35.2 Å². The minimum absolute atomic E-state index is 0.101. The third kappa shape index (κ3) is 4.34. The molecule has 2 N–H and O–H groups in total. The van der Waals surface area contributed by atoms with E-state index in [9.17, 15) is 10.5 Å². The van der Waals surface area contributed by atoms with Crippen LogP contribution in [0, 0.1) is 28.6 Å². The van der Waals surface area contributed by atoms with Gasteiger partial charge in [-0.1, -0.05) is 0 Å². The molecule has 28 heavy (non-hydrogen) atoms. The lowest BCUT2D eigenvalue weighted by Gasteiger charge is -2.25. The number of nitriles is 2. The fraction of sp³-hybridized carbons (Fsp3) is 0.368. The topological polar surface area (TPSA) is 127 Å². The molecular weight excluding hydrogens is 378 g/mol. The van der Waals surface area contributed by atoms with Crippen molar-refractivity contribution in [1.29, 1.82) is 10.5 Å². The molecule has 1 fully saturated rings. The van der Waals surface area contributed by atoms with E-state index in [-0.39, 0.29) is 11.4 Å². The largest absolute Gasteiger partial charge is 0.475 e. The fourth-order valence-corrected chi connectivity index (χ4v) is 3.65. The van der Waals surface area contributed by atoms with Crippen LogP contribution in [0.25, 0.3) is 11.1 Å². The maximum Gasteiger partial charge on any atom is 0.213 e. The highest BCUT2D eigenvalue weighted by atomic mass is 32.2. The van der Waals surface area contributed by atoms with Gasteiger partial charge in [0.2, 0.25) is 5.88 Å². The molecule has 144 valence electrons. The molecule has 0 saturated carbocycles. The summed E-state index contributed by atoms with van der Waals surface area (Å²) in [6.45, 7) is 2.25. The van der Waals surface area contributed by atoms with E-state index in [1.165, 1.54) is 11.8 Å². The van der Waals surface area contributed by atoms with E-state index in [2.05, 4.69) is 22.1 Å². The van der Waals surface area contributed by atoms with Crippen molar-refractivity contribution in [3.8, 4) is 29.1 Å². The van der Waals surface area contributed by atoms with Crippen LogP contribution in [-0.4, -0.2) is 49.3 Å². The van der Waals surface area contributed by atoms with Gasteiger partial charge in [-0.05, 0) is 6.07 Å². The van der Waals surface area contributed by atoms with Gasteiger partial charge in [-0.15, -0.1) is 11.8 Å². The predicted octanol–water partition coefficient (Wildman–Crippen LogP) is 2.23. The zero-order chi connectivity index (χ0) is 19.9. The maximum absolute atomic E-state index is 9.77. The number of hydrogen-bond donors (Lipinski definition) is 1. The monoisotopic (exact) mass is 397 g/mol. The minimum Gasteiger partial charge on any atom is -0.475 e. The summed E-state index contributed by atoms with van der Waals surface area (Å²) in [7, 11) is 1.59. The first-order chi connectivity index (χ1) is 13.7. The molecule has 9 heteroatoms. The molecule has 2 aromatic heterocycles. The van der Waals surface area contributed by atoms with Gasteiger partial charge in [0.15, 0.2) is 0 Å². The summed E-state index contributed by atoms with van der Waals surface area (Å²) < 4.78 is 15.6. The van der Waals surface area contributed by atoms with Crippen LogP contribution in [-0.2, 0) is 9.47 Å². The van der Waals surface area contributed by atoms with Crippen molar-refractivity contribution < 1.29 is 14.2 Å². The number of hydrogen-bond acceptors (Lipinski definition) is 9. The van der Waals surface area contributed by atoms with Gasteiger partial charge >= 0.3 is 0 Å². The Hall–Kier alpha value is -2.85. The van der Waals surface area contributed by atoms with Crippen LogP contribution in [0.4, 0.5) is 5.82 Å². The highest BCUT2D eigenvalue weighted by molar-refractivity contribution is 7.99. The van der Waals surface area contributed by atoms with Crippen LogP contribution in [0.2, 0.25) is 0 Å². The molecule has 0 bridgehead atoms. The van der Waals surface area contributed by atoms with E-state index < -0.39 is 0 Å². The van der Waals surface area contributed by atoms with Gasteiger partial charge in [-0.2, -0.15) is 10.5 Å². The van der Waals surface area contributed by atoms with Crippen molar-refractivity contribution in [3.63, 3.8) is 0 Å². The average molecular weight is 397 g/mol. The smallest absolute Gasteiger partial charge is 0.213 e. The number of methoxy groups -OCH3 is 1. The molecule has 3 rings (SSSR count). The van der Waals surface area contributed by atoms with Crippen molar-refractivity contribution in [2.75, 3.05) is 45.0 Å². The van der Waals surface area contributed by atoms with Crippen molar-refractivity contribution in [3.05, 3.63) is 29.5 Å². The van der Waals surface area contributed by atoms with Gasteiger partial charge in [-0.25, -0.2) is 9.97 Å². The maximum atomic E-state index is 9.77. The summed E-state index contributed by atoms with van der Waals surface area (Å²) in [5, 5.41) is 19.9. The summed E-state index contributed by atoms with van der Waals surface area (Å²) in [5.41, 5.74) is 7.56. The SMILES string of the molecule is COCCOc1ccc(-c2c(C#N)c(N)nc(SCC3COC3)c2C#N)cn1. The van der Waals surface area contributed by atoms with Crippen molar-refractivity contribution in [1.82, 2.24) is 9.97 Å². The second-order valence-corrected chi connectivity index (χ2v) is 7.10. The number of aromatic nitrogens is 2. The van der Waals surface area contributed by atoms with Crippen LogP contribution in [0.15, 0.2) is 23.4 Å². The third-order valence-corrected chi connectivity index (χ3v) is 5.35. The molecule has 0 spiro atoms. The lowest BCUT2D eigenvalue weighted by Crippen LogP contribution is -2.29. The van der Waals surface area contributed by atoms with Gasteiger partial charge in [-0.3, -0.25) is 0 Å². The van der Waals surface area contributed by atoms with Crippen molar-refractivity contribution in [2.45, 2.75) is 5.03 Å². The quantitative estimate of drug-likeness (QED) is 0.527. The van der Waals surface area contributed by atoms with E-state index in [0.717, 1.165) is 5.75 Å². The van der Waals surface area contributed by atoms with Crippen molar-refractivity contribution >= 4 is 17.6 Å². The molecule has 3 heterocycles. The Bertz CT molecular complexity index is 917. The van der Waals surface area contributed by atoms with Gasteiger partial charge in [0, 0.05) is 42.2 Å². The van der Waals surface area contributed by atoms with Crippen LogP contribution in [0.5, 0.6) is 5.88 Å². The molecule has 0 aromatic carbocycles. The highest BCUT2D eigenvalue weighted by Gasteiger charge is 2.23. The van der Waals surface area contributed by atoms with Crippen molar-refractivity contribution in [2.24, 2.45) is 5.92 Å². The number of thioether (sulfide) groups is 1. The molecule has 0 amide bonds. The number of nitrogens with zero attached hydrogens (tertiary/aromatic N) is 4. The molecule has 2 aromatic rings. The van der Waals surface area contributed by atoms with Gasteiger partial charge < -0.3 is 19.9 Å². The number of nitrogen functional groups attached to an aromatic ring is 1. The second kappa shape index (κ2) is 9.38. The molecule has 1 aliphatic rings. The van der Waals surface area contributed by atoms with Gasteiger partial charge in [0.05, 0.1) is 25.4 Å². The van der Waals surface area contributed by atoms with E-state index in [1.807, 2.05) is 0 Å². The zero-order valence-electron chi connectivity index (χ0n) is 15.3. The molecule has 0 aliphatic carbocycles. The summed E-state index contributed by atoms with van der Waals surface area (Å²) in [6.07, 6.45) is 1.56. The Labute approximate surface area is 167 Å². The normalized spacial score (nSPS) is 13.4. The molecule has 0 unspecified atom stereocenters. The molecule has 1 aliphatic heterocycles. The van der Waals surface area contributed by atoms with E-state index in [4.69, 9.17) is 19.9 Å². The Kier molecular flexibility index (Phi) is 6.66. The average Bonchev–Trinajstić information content (AvgIpc) is 2.67. The summed E-state index contributed by atoms with van der Waals surface area (Å²) >= 11 is 1.45. The summed E-state index contributed by atoms with van der Waals surface area (Å²) in [6, 6.07) is 7.68. The van der Waals surface area contributed by atoms with E-state index >= 15 is 0 Å². The van der Waals surface area contributed by atoms with E-state index in [1.54, 1.807) is 25.4 Å². The zero-order valence-corrected chi connectivity index (χ0v) is 16.2.